The molecule has 2 aromatic rings. The van der Waals surface area contributed by atoms with Gasteiger partial charge >= 0.3 is 6.18 Å². The van der Waals surface area contributed by atoms with Crippen LogP contribution in [-0.4, -0.2) is 42.7 Å². The molecule has 1 heterocycles. The zero-order valence-electron chi connectivity index (χ0n) is 20.3. The Kier molecular flexibility index (Phi) is 8.57. The number of hydrogen-bond acceptors (Lipinski definition) is 4. The van der Waals surface area contributed by atoms with E-state index >= 15 is 0 Å². The van der Waals surface area contributed by atoms with Crippen LogP contribution in [0.5, 0.6) is 0 Å². The maximum atomic E-state index is 12.7. The average molecular weight is 502 g/mol. The lowest BCUT2D eigenvalue weighted by Gasteiger charge is -2.37. The topological polar surface area (TPSA) is 81.7 Å². The molecule has 192 valence electrons. The molecule has 6 nitrogen and oxygen atoms in total. The number of rotatable bonds is 6. The van der Waals surface area contributed by atoms with E-state index in [1.807, 2.05) is 37.9 Å². The van der Waals surface area contributed by atoms with Gasteiger partial charge in [0.2, 0.25) is 11.8 Å². The number of alkyl halides is 3. The highest BCUT2D eigenvalue weighted by atomic mass is 19.4. The Morgan fingerprint density at radius 1 is 1.19 bits per heavy atom. The summed E-state index contributed by atoms with van der Waals surface area (Å²) in [4.78, 5) is 27.0. The van der Waals surface area contributed by atoms with Crippen LogP contribution in [0.1, 0.15) is 30.5 Å². The number of hydrogen-bond donors (Lipinski definition) is 3. The first-order valence-corrected chi connectivity index (χ1v) is 11.6. The second kappa shape index (κ2) is 11.4. The molecule has 3 N–H and O–H groups in total. The van der Waals surface area contributed by atoms with Crippen LogP contribution in [0.3, 0.4) is 0 Å². The Morgan fingerprint density at radius 3 is 2.50 bits per heavy atom. The number of benzene rings is 2. The molecule has 0 aromatic heterocycles. The van der Waals surface area contributed by atoms with Crippen LogP contribution in [0.2, 0.25) is 0 Å². The smallest absolute Gasteiger partial charge is 0.394 e. The summed E-state index contributed by atoms with van der Waals surface area (Å²) in [5, 5.41) is 15.4. The number of anilines is 2. The van der Waals surface area contributed by atoms with Gasteiger partial charge in [0.05, 0.1) is 18.2 Å². The summed E-state index contributed by atoms with van der Waals surface area (Å²) in [6, 6.07) is 9.31. The molecule has 0 saturated carbocycles. The van der Waals surface area contributed by atoms with Gasteiger partial charge < -0.3 is 20.6 Å². The molecule has 2 atom stereocenters. The van der Waals surface area contributed by atoms with Gasteiger partial charge in [-0.25, -0.2) is 0 Å². The van der Waals surface area contributed by atoms with E-state index < -0.39 is 23.8 Å². The third-order valence-corrected chi connectivity index (χ3v) is 5.96. The van der Waals surface area contributed by atoms with Crippen LogP contribution >= 0.6 is 0 Å². The fourth-order valence-corrected chi connectivity index (χ4v) is 4.24. The van der Waals surface area contributed by atoms with Crippen molar-refractivity contribution in [2.45, 2.75) is 38.5 Å². The Balaban J connectivity index is 1.70. The fraction of sp³-hybridized carbons (Fsp3) is 0.333. The third kappa shape index (κ3) is 6.75. The predicted octanol–water partition coefficient (Wildman–Crippen LogP) is 4.41. The molecule has 1 aliphatic heterocycles. The Morgan fingerprint density at radius 2 is 1.89 bits per heavy atom. The van der Waals surface area contributed by atoms with Crippen molar-refractivity contribution < 1.29 is 27.9 Å². The van der Waals surface area contributed by atoms with Crippen molar-refractivity contribution in [1.29, 1.82) is 0 Å². The van der Waals surface area contributed by atoms with Gasteiger partial charge in [-0.15, -0.1) is 0 Å². The van der Waals surface area contributed by atoms with Gasteiger partial charge in [-0.3, -0.25) is 9.59 Å². The summed E-state index contributed by atoms with van der Waals surface area (Å²) >= 11 is 0. The number of allylic oxidation sites excluding steroid dienone is 2. The van der Waals surface area contributed by atoms with E-state index in [1.165, 1.54) is 24.3 Å². The first-order chi connectivity index (χ1) is 17.0. The number of aliphatic hydroxyl groups is 1. The number of nitrogens with zero attached hydrogens (tertiary/aromatic N) is 1. The van der Waals surface area contributed by atoms with Crippen LogP contribution < -0.4 is 15.5 Å². The van der Waals surface area contributed by atoms with Gasteiger partial charge in [-0.1, -0.05) is 44.2 Å². The lowest BCUT2D eigenvalue weighted by Crippen LogP contribution is -2.54. The van der Waals surface area contributed by atoms with E-state index in [0.29, 0.717) is 17.7 Å². The van der Waals surface area contributed by atoms with Crippen molar-refractivity contribution in [3.63, 3.8) is 0 Å². The summed E-state index contributed by atoms with van der Waals surface area (Å²) < 4.78 is 37.9. The molecule has 36 heavy (non-hydrogen) atoms. The standard InChI is InChI=1S/C27H30F3N3O3/c1-17(2)25-26(36)32-22(16-34)15-19-14-21(12-13-23(19)33(25)3)31-24(35)7-5-4-6-18-8-10-20(11-9-18)27(28,29)30/h4-14,17,22,25,34H,15-16H2,1-3H3,(H,31,35)(H,32,36)/b6-4+,7-5+/t22-,25?/m0/s1. The normalized spacial score (nSPS) is 18.8. The number of nitrogens with one attached hydrogen (secondary N) is 2. The number of halogens is 3. The quantitative estimate of drug-likeness (QED) is 0.405. The monoisotopic (exact) mass is 501 g/mol. The largest absolute Gasteiger partial charge is 0.416 e. The first kappa shape index (κ1) is 27.0. The lowest BCUT2D eigenvalue weighted by atomic mass is 9.95. The molecule has 1 aliphatic rings. The van der Waals surface area contributed by atoms with Gasteiger partial charge in [0, 0.05) is 24.5 Å². The minimum Gasteiger partial charge on any atom is -0.394 e. The fourth-order valence-electron chi connectivity index (χ4n) is 4.24. The van der Waals surface area contributed by atoms with Gasteiger partial charge in [0.1, 0.15) is 6.04 Å². The summed E-state index contributed by atoms with van der Waals surface area (Å²) in [5.74, 6) is -0.470. The molecule has 0 aliphatic carbocycles. The van der Waals surface area contributed by atoms with Gasteiger partial charge in [-0.05, 0) is 53.8 Å². The molecule has 0 saturated heterocycles. The first-order valence-electron chi connectivity index (χ1n) is 11.6. The van der Waals surface area contributed by atoms with E-state index in [1.54, 1.807) is 18.2 Å². The lowest BCUT2D eigenvalue weighted by molar-refractivity contribution is -0.137. The number of likely N-dealkylation sites (N-methyl/N-ethyl adjacent to an activating group) is 1. The zero-order chi connectivity index (χ0) is 26.5. The summed E-state index contributed by atoms with van der Waals surface area (Å²) in [6.45, 7) is 3.72. The molecule has 9 heteroatoms. The third-order valence-electron chi connectivity index (χ3n) is 5.96. The minimum atomic E-state index is -4.38. The van der Waals surface area contributed by atoms with Crippen LogP contribution in [0.15, 0.2) is 60.7 Å². The number of aliphatic hydroxyl groups excluding tert-OH is 1. The van der Waals surface area contributed by atoms with Crippen molar-refractivity contribution in [1.82, 2.24) is 5.32 Å². The maximum Gasteiger partial charge on any atom is 0.416 e. The number of carbonyl (C=O) groups is 2. The van der Waals surface area contributed by atoms with Crippen LogP contribution in [-0.2, 0) is 22.2 Å². The second-order valence-corrected chi connectivity index (χ2v) is 9.06. The SMILES string of the molecule is CC(C)C1C(=O)N[C@H](CO)Cc2cc(NC(=O)/C=C/C=C/c3ccc(C(F)(F)F)cc3)ccc2N1C. The molecule has 1 unspecified atom stereocenters. The highest BCUT2D eigenvalue weighted by Gasteiger charge is 2.32. The van der Waals surface area contributed by atoms with Crippen LogP contribution in [0.4, 0.5) is 24.5 Å². The molecule has 2 amide bonds. The van der Waals surface area contributed by atoms with E-state index in [4.69, 9.17) is 0 Å². The van der Waals surface area contributed by atoms with Crippen molar-refractivity contribution in [2.24, 2.45) is 5.92 Å². The number of amides is 2. The van der Waals surface area contributed by atoms with E-state index in [-0.39, 0.29) is 24.3 Å². The Bertz CT molecular complexity index is 1140. The molecule has 3 rings (SSSR count). The predicted molar refractivity (Wildman–Crippen MR) is 134 cm³/mol. The van der Waals surface area contributed by atoms with Gasteiger partial charge in [-0.2, -0.15) is 13.2 Å². The molecular formula is C27H30F3N3O3. The minimum absolute atomic E-state index is 0.0421. The van der Waals surface area contributed by atoms with Crippen LogP contribution in [0.25, 0.3) is 6.08 Å². The van der Waals surface area contributed by atoms with Crippen molar-refractivity contribution in [3.05, 3.63) is 77.4 Å². The molecule has 0 fully saturated rings. The van der Waals surface area contributed by atoms with Crippen molar-refractivity contribution in [3.8, 4) is 0 Å². The maximum absolute atomic E-state index is 12.7. The highest BCUT2D eigenvalue weighted by Crippen LogP contribution is 2.30. The molecule has 0 bridgehead atoms. The van der Waals surface area contributed by atoms with E-state index in [2.05, 4.69) is 10.6 Å². The van der Waals surface area contributed by atoms with Crippen molar-refractivity contribution >= 4 is 29.3 Å². The molecule has 0 radical (unpaired) electrons. The molecule has 2 aromatic carbocycles. The number of carbonyl (C=O) groups excluding carboxylic acids is 2. The molecule has 0 spiro atoms. The van der Waals surface area contributed by atoms with Gasteiger partial charge in [0.15, 0.2) is 0 Å². The van der Waals surface area contributed by atoms with Gasteiger partial charge in [0.25, 0.3) is 0 Å². The Labute approximate surface area is 208 Å². The second-order valence-electron chi connectivity index (χ2n) is 9.06. The van der Waals surface area contributed by atoms with E-state index in [0.717, 1.165) is 23.4 Å². The van der Waals surface area contributed by atoms with Crippen LogP contribution in [0, 0.1) is 5.92 Å². The number of fused-ring (bicyclic) bond motifs is 1. The van der Waals surface area contributed by atoms with E-state index in [9.17, 15) is 27.9 Å². The Hall–Kier alpha value is -3.59. The summed E-state index contributed by atoms with van der Waals surface area (Å²) in [7, 11) is 1.85. The summed E-state index contributed by atoms with van der Waals surface area (Å²) in [6.07, 6.45) is 2.00. The van der Waals surface area contributed by atoms with Crippen molar-refractivity contribution in [2.75, 3.05) is 23.9 Å². The molecular weight excluding hydrogens is 471 g/mol. The average Bonchev–Trinajstić information content (AvgIpc) is 2.80. The summed E-state index contributed by atoms with van der Waals surface area (Å²) in [5.41, 5.74) is 2.16. The zero-order valence-corrected chi connectivity index (χ0v) is 20.3. The highest BCUT2D eigenvalue weighted by molar-refractivity contribution is 5.99.